The quantitative estimate of drug-likeness (QED) is 0.181. The molecule has 196 valence electrons. The number of carbonyl (C=O) groups is 1. The zero-order chi connectivity index (χ0) is 26.7. The van der Waals surface area contributed by atoms with Gasteiger partial charge in [0.15, 0.2) is 5.60 Å². The van der Waals surface area contributed by atoms with Crippen LogP contribution in [0.4, 0.5) is 0 Å². The summed E-state index contributed by atoms with van der Waals surface area (Å²) in [5.74, 6) is 0.510. The number of aliphatic carboxylic acids is 1. The Labute approximate surface area is 222 Å². The summed E-state index contributed by atoms with van der Waals surface area (Å²) in [6.45, 7) is 6.68. The van der Waals surface area contributed by atoms with Gasteiger partial charge in [-0.3, -0.25) is 0 Å². The second kappa shape index (κ2) is 10.7. The van der Waals surface area contributed by atoms with Crippen LogP contribution in [0.3, 0.4) is 0 Å². The van der Waals surface area contributed by atoms with E-state index in [2.05, 4.69) is 58.9 Å². The highest BCUT2D eigenvalue weighted by Crippen LogP contribution is 2.33. The van der Waals surface area contributed by atoms with Gasteiger partial charge in [-0.15, -0.1) is 0 Å². The number of hydrogen-bond acceptors (Lipinski definition) is 3. The van der Waals surface area contributed by atoms with E-state index in [1.165, 1.54) is 16.5 Å². The number of aryl methyl sites for hydroxylation is 2. The molecule has 0 fully saturated rings. The minimum absolute atomic E-state index is 0.572. The van der Waals surface area contributed by atoms with Crippen molar-refractivity contribution in [3.63, 3.8) is 0 Å². The Balaban J connectivity index is 1.29. The fourth-order valence-electron chi connectivity index (χ4n) is 4.86. The minimum Gasteiger partial charge on any atom is -0.493 e. The molecule has 6 heteroatoms. The number of carboxylic acids is 1. The van der Waals surface area contributed by atoms with Crippen molar-refractivity contribution in [3.8, 4) is 22.8 Å². The maximum Gasteiger partial charge on any atom is 0.347 e. The second-order valence-corrected chi connectivity index (χ2v) is 10.1. The SMILES string of the molecule is CCCc1c(OCCCn2ccc3c(OC(C)(C)C(=O)O)cccc32)ccc2cc(-c3ccccc3)[nH]c12. The third-order valence-electron chi connectivity index (χ3n) is 6.90. The molecule has 0 unspecified atom stereocenters. The zero-order valence-corrected chi connectivity index (χ0v) is 22.2. The summed E-state index contributed by atoms with van der Waals surface area (Å²) >= 11 is 0. The first-order chi connectivity index (χ1) is 18.4. The topological polar surface area (TPSA) is 76.5 Å². The van der Waals surface area contributed by atoms with E-state index in [0.29, 0.717) is 12.4 Å². The highest BCUT2D eigenvalue weighted by Gasteiger charge is 2.30. The van der Waals surface area contributed by atoms with Gasteiger partial charge in [0.2, 0.25) is 0 Å². The molecule has 0 radical (unpaired) electrons. The van der Waals surface area contributed by atoms with Crippen molar-refractivity contribution in [2.24, 2.45) is 0 Å². The van der Waals surface area contributed by atoms with Crippen LogP contribution in [0.1, 0.15) is 39.2 Å². The van der Waals surface area contributed by atoms with Crippen molar-refractivity contribution in [1.29, 1.82) is 0 Å². The number of ether oxygens (including phenoxy) is 2. The first-order valence-corrected chi connectivity index (χ1v) is 13.2. The molecule has 2 aromatic heterocycles. The van der Waals surface area contributed by atoms with Crippen molar-refractivity contribution in [2.75, 3.05) is 6.61 Å². The summed E-state index contributed by atoms with van der Waals surface area (Å²) < 4.78 is 14.3. The third kappa shape index (κ3) is 5.12. The molecule has 0 amide bonds. The molecule has 5 aromatic rings. The molecule has 38 heavy (non-hydrogen) atoms. The third-order valence-corrected chi connectivity index (χ3v) is 6.90. The minimum atomic E-state index is -1.30. The number of benzene rings is 3. The van der Waals surface area contributed by atoms with Crippen molar-refractivity contribution in [2.45, 2.75) is 52.2 Å². The largest absolute Gasteiger partial charge is 0.493 e. The van der Waals surface area contributed by atoms with Crippen molar-refractivity contribution in [1.82, 2.24) is 9.55 Å². The van der Waals surface area contributed by atoms with Crippen LogP contribution >= 0.6 is 0 Å². The van der Waals surface area contributed by atoms with Gasteiger partial charge in [-0.25, -0.2) is 4.79 Å². The molecule has 0 spiro atoms. The lowest BCUT2D eigenvalue weighted by Gasteiger charge is -2.22. The lowest BCUT2D eigenvalue weighted by Crippen LogP contribution is -2.37. The van der Waals surface area contributed by atoms with Gasteiger partial charge in [0.25, 0.3) is 0 Å². The second-order valence-electron chi connectivity index (χ2n) is 10.1. The Morgan fingerprint density at radius 3 is 2.58 bits per heavy atom. The van der Waals surface area contributed by atoms with E-state index < -0.39 is 11.6 Å². The first-order valence-electron chi connectivity index (χ1n) is 13.2. The van der Waals surface area contributed by atoms with Crippen LogP contribution in [0.5, 0.6) is 11.5 Å². The molecule has 5 rings (SSSR count). The molecule has 0 aliphatic rings. The number of carboxylic acid groups (broad SMARTS) is 1. The molecule has 6 nitrogen and oxygen atoms in total. The number of aromatic amines is 1. The molecule has 0 bridgehead atoms. The van der Waals surface area contributed by atoms with Crippen LogP contribution in [0.15, 0.2) is 79.0 Å². The fourth-order valence-corrected chi connectivity index (χ4v) is 4.86. The smallest absolute Gasteiger partial charge is 0.347 e. The van der Waals surface area contributed by atoms with Crippen LogP contribution in [0.25, 0.3) is 33.1 Å². The fraction of sp³-hybridized carbons (Fsp3) is 0.281. The number of nitrogens with one attached hydrogen (secondary N) is 1. The van der Waals surface area contributed by atoms with Crippen LogP contribution in [0, 0.1) is 0 Å². The van der Waals surface area contributed by atoms with Gasteiger partial charge in [-0.05, 0) is 68.7 Å². The maximum atomic E-state index is 11.5. The number of rotatable bonds is 11. The monoisotopic (exact) mass is 510 g/mol. The van der Waals surface area contributed by atoms with Crippen LogP contribution in [0.2, 0.25) is 0 Å². The normalized spacial score (nSPS) is 11.8. The van der Waals surface area contributed by atoms with Gasteiger partial charge in [-0.1, -0.05) is 49.7 Å². The van der Waals surface area contributed by atoms with Gasteiger partial charge in [-0.2, -0.15) is 0 Å². The van der Waals surface area contributed by atoms with Crippen molar-refractivity contribution in [3.05, 3.63) is 84.6 Å². The maximum absolute atomic E-state index is 11.5. The molecule has 2 N–H and O–H groups in total. The van der Waals surface area contributed by atoms with Gasteiger partial charge < -0.3 is 24.1 Å². The Morgan fingerprint density at radius 2 is 1.82 bits per heavy atom. The average molecular weight is 511 g/mol. The molecule has 0 atom stereocenters. The van der Waals surface area contributed by atoms with E-state index in [4.69, 9.17) is 9.47 Å². The van der Waals surface area contributed by atoms with E-state index in [1.54, 1.807) is 13.8 Å². The molecule has 2 heterocycles. The van der Waals surface area contributed by atoms with Crippen LogP contribution in [-0.4, -0.2) is 32.8 Å². The summed E-state index contributed by atoms with van der Waals surface area (Å²) in [6, 6.07) is 24.5. The van der Waals surface area contributed by atoms with Crippen molar-refractivity contribution < 1.29 is 19.4 Å². The summed E-state index contributed by atoms with van der Waals surface area (Å²) in [5.41, 5.74) is 4.37. The number of aromatic nitrogens is 2. The molecule has 0 saturated carbocycles. The molecular formula is C32H34N2O4. The van der Waals surface area contributed by atoms with E-state index in [1.807, 2.05) is 36.5 Å². The molecule has 0 aliphatic carbocycles. The highest BCUT2D eigenvalue weighted by molar-refractivity contribution is 5.90. The van der Waals surface area contributed by atoms with E-state index in [-0.39, 0.29) is 0 Å². The number of fused-ring (bicyclic) bond motifs is 2. The molecular weight excluding hydrogens is 476 g/mol. The van der Waals surface area contributed by atoms with E-state index in [9.17, 15) is 9.90 Å². The summed E-state index contributed by atoms with van der Waals surface area (Å²) in [6.07, 6.45) is 4.83. The first kappa shape index (κ1) is 25.5. The van der Waals surface area contributed by atoms with Gasteiger partial charge in [0, 0.05) is 34.8 Å². The molecule has 0 saturated heterocycles. The number of H-pyrrole nitrogens is 1. The Kier molecular flexibility index (Phi) is 7.14. The highest BCUT2D eigenvalue weighted by atomic mass is 16.5. The average Bonchev–Trinajstić information content (AvgIpc) is 3.53. The van der Waals surface area contributed by atoms with Crippen LogP contribution in [-0.2, 0) is 17.8 Å². The van der Waals surface area contributed by atoms with E-state index >= 15 is 0 Å². The summed E-state index contributed by atoms with van der Waals surface area (Å²) in [7, 11) is 0. The lowest BCUT2D eigenvalue weighted by molar-refractivity contribution is -0.152. The summed E-state index contributed by atoms with van der Waals surface area (Å²) in [5, 5.41) is 11.5. The standard InChI is InChI=1S/C32H34N2O4/c1-4-10-25-28(16-15-23-21-26(33-30(23)25)22-11-6-5-7-12-22)37-20-9-18-34-19-17-24-27(34)13-8-14-29(24)38-32(2,3)31(35)36/h5-8,11-17,19,21,33H,4,9-10,18,20H2,1-3H3,(H,35,36). The Bertz CT molecular complexity index is 1560. The predicted molar refractivity (Wildman–Crippen MR) is 152 cm³/mol. The van der Waals surface area contributed by atoms with E-state index in [0.717, 1.165) is 53.7 Å². The van der Waals surface area contributed by atoms with Crippen molar-refractivity contribution >= 4 is 27.8 Å². The van der Waals surface area contributed by atoms with Gasteiger partial charge >= 0.3 is 5.97 Å². The number of nitrogens with zero attached hydrogens (tertiary/aromatic N) is 1. The Hall–Kier alpha value is -4.19. The van der Waals surface area contributed by atoms with Crippen LogP contribution < -0.4 is 9.47 Å². The zero-order valence-electron chi connectivity index (χ0n) is 22.2. The molecule has 3 aromatic carbocycles. The lowest BCUT2D eigenvalue weighted by atomic mass is 10.1. The molecule has 0 aliphatic heterocycles. The Morgan fingerprint density at radius 1 is 1.00 bits per heavy atom. The number of hydrogen-bond donors (Lipinski definition) is 2. The predicted octanol–water partition coefficient (Wildman–Crippen LogP) is 7.45. The summed E-state index contributed by atoms with van der Waals surface area (Å²) in [4.78, 5) is 15.1. The van der Waals surface area contributed by atoms with Gasteiger partial charge in [0.05, 0.1) is 17.6 Å². The van der Waals surface area contributed by atoms with Gasteiger partial charge in [0.1, 0.15) is 11.5 Å².